The van der Waals surface area contributed by atoms with Crippen molar-refractivity contribution in [1.82, 2.24) is 10.2 Å². The SMILES string of the molecule is O=C(CSc1nnc(COc2ccc(Cl)cc2Cl)o1)c1ccc(Cl)c(Cl)c1. The molecule has 0 aliphatic heterocycles. The first-order chi connectivity index (χ1) is 12.9. The van der Waals surface area contributed by atoms with Crippen LogP contribution in [0.4, 0.5) is 0 Å². The van der Waals surface area contributed by atoms with Gasteiger partial charge in [0.05, 0.1) is 20.8 Å². The quantitative estimate of drug-likeness (QED) is 0.305. The van der Waals surface area contributed by atoms with Gasteiger partial charge in [-0.05, 0) is 36.4 Å². The van der Waals surface area contributed by atoms with Gasteiger partial charge in [0.1, 0.15) is 5.75 Å². The van der Waals surface area contributed by atoms with Gasteiger partial charge in [0.25, 0.3) is 11.1 Å². The van der Waals surface area contributed by atoms with Gasteiger partial charge in [-0.25, -0.2) is 0 Å². The van der Waals surface area contributed by atoms with Crippen LogP contribution in [0, 0.1) is 0 Å². The van der Waals surface area contributed by atoms with Crippen LogP contribution in [0.2, 0.25) is 20.1 Å². The molecule has 0 bridgehead atoms. The van der Waals surface area contributed by atoms with Gasteiger partial charge >= 0.3 is 0 Å². The van der Waals surface area contributed by atoms with Gasteiger partial charge in [-0.2, -0.15) is 0 Å². The Morgan fingerprint density at radius 3 is 2.56 bits per heavy atom. The first kappa shape index (κ1) is 20.3. The second-order valence-corrected chi connectivity index (χ2v) is 7.75. The summed E-state index contributed by atoms with van der Waals surface area (Å²) < 4.78 is 11.0. The minimum Gasteiger partial charge on any atom is -0.482 e. The minimum absolute atomic E-state index is 0.0374. The smallest absolute Gasteiger partial charge is 0.277 e. The molecule has 0 aliphatic carbocycles. The molecule has 3 rings (SSSR count). The number of carbonyl (C=O) groups is 1. The van der Waals surface area contributed by atoms with Gasteiger partial charge in [-0.1, -0.05) is 58.2 Å². The Balaban J connectivity index is 1.54. The van der Waals surface area contributed by atoms with Crippen LogP contribution in [0.5, 0.6) is 5.75 Å². The van der Waals surface area contributed by atoms with Crippen molar-refractivity contribution in [1.29, 1.82) is 0 Å². The van der Waals surface area contributed by atoms with E-state index in [1.165, 1.54) is 6.07 Å². The number of hydrogen-bond acceptors (Lipinski definition) is 6. The number of hydrogen-bond donors (Lipinski definition) is 0. The maximum absolute atomic E-state index is 12.2. The summed E-state index contributed by atoms with van der Waals surface area (Å²) in [6, 6.07) is 9.59. The standard InChI is InChI=1S/C17H10Cl4N2O3S/c18-10-2-4-15(13(21)6-10)25-7-16-22-23-17(26-16)27-8-14(24)9-1-3-11(19)12(20)5-9/h1-6H,7-8H2. The summed E-state index contributed by atoms with van der Waals surface area (Å²) in [5.74, 6) is 0.681. The third-order valence-electron chi connectivity index (χ3n) is 3.26. The highest BCUT2D eigenvalue weighted by molar-refractivity contribution is 7.99. The Morgan fingerprint density at radius 1 is 1.00 bits per heavy atom. The average molecular weight is 464 g/mol. The number of Topliss-reactive ketones (excluding diaryl/α,β-unsaturated/α-hetero) is 1. The van der Waals surface area contributed by atoms with E-state index in [0.29, 0.717) is 31.4 Å². The van der Waals surface area contributed by atoms with Crippen molar-refractivity contribution in [3.05, 3.63) is 67.9 Å². The van der Waals surface area contributed by atoms with Gasteiger partial charge in [0, 0.05) is 10.6 Å². The Kier molecular flexibility index (Phi) is 6.89. The number of halogens is 4. The van der Waals surface area contributed by atoms with Crippen LogP contribution in [-0.2, 0) is 6.61 Å². The fourth-order valence-electron chi connectivity index (χ4n) is 1.97. The summed E-state index contributed by atoms with van der Waals surface area (Å²) >= 11 is 24.7. The third-order valence-corrected chi connectivity index (χ3v) is 5.35. The van der Waals surface area contributed by atoms with E-state index in [0.717, 1.165) is 11.8 Å². The number of benzene rings is 2. The molecule has 0 atom stereocenters. The van der Waals surface area contributed by atoms with Crippen molar-refractivity contribution in [2.45, 2.75) is 11.8 Å². The largest absolute Gasteiger partial charge is 0.482 e. The van der Waals surface area contributed by atoms with E-state index in [-0.39, 0.29) is 29.3 Å². The molecule has 0 N–H and O–H groups in total. The molecule has 0 spiro atoms. The molecule has 1 aromatic heterocycles. The molecular formula is C17H10Cl4N2O3S. The zero-order chi connectivity index (χ0) is 19.4. The number of ketones is 1. The van der Waals surface area contributed by atoms with E-state index in [2.05, 4.69) is 10.2 Å². The van der Waals surface area contributed by atoms with Crippen molar-refractivity contribution in [2.24, 2.45) is 0 Å². The lowest BCUT2D eigenvalue weighted by Gasteiger charge is -2.05. The van der Waals surface area contributed by atoms with E-state index in [1.54, 1.807) is 30.3 Å². The van der Waals surface area contributed by atoms with Gasteiger partial charge in [0.2, 0.25) is 0 Å². The lowest BCUT2D eigenvalue weighted by molar-refractivity contribution is 0.102. The molecule has 27 heavy (non-hydrogen) atoms. The summed E-state index contributed by atoms with van der Waals surface area (Å²) in [5.41, 5.74) is 0.456. The molecule has 0 saturated carbocycles. The Labute approximate surface area is 178 Å². The lowest BCUT2D eigenvalue weighted by atomic mass is 10.1. The molecule has 0 saturated heterocycles. The Morgan fingerprint density at radius 2 is 1.81 bits per heavy atom. The topological polar surface area (TPSA) is 65.2 Å². The predicted molar refractivity (Wildman–Crippen MR) is 107 cm³/mol. The monoisotopic (exact) mass is 462 g/mol. The normalized spacial score (nSPS) is 10.8. The molecule has 140 valence electrons. The molecule has 0 aliphatic rings. The summed E-state index contributed by atoms with van der Waals surface area (Å²) in [6.45, 7) is 0.0374. The van der Waals surface area contributed by atoms with Gasteiger partial charge < -0.3 is 9.15 Å². The van der Waals surface area contributed by atoms with Crippen molar-refractivity contribution in [3.8, 4) is 5.75 Å². The second kappa shape index (κ2) is 9.17. The van der Waals surface area contributed by atoms with Crippen LogP contribution in [0.1, 0.15) is 16.2 Å². The number of ether oxygens (including phenoxy) is 1. The molecule has 2 aromatic carbocycles. The third kappa shape index (κ3) is 5.53. The van der Waals surface area contributed by atoms with Gasteiger partial charge in [-0.15, -0.1) is 10.2 Å². The molecule has 3 aromatic rings. The molecule has 0 fully saturated rings. The fraction of sp³-hybridized carbons (Fsp3) is 0.118. The van der Waals surface area contributed by atoms with E-state index >= 15 is 0 Å². The zero-order valence-electron chi connectivity index (χ0n) is 13.4. The van der Waals surface area contributed by atoms with Crippen molar-refractivity contribution >= 4 is 63.9 Å². The number of thioether (sulfide) groups is 1. The highest BCUT2D eigenvalue weighted by Crippen LogP contribution is 2.28. The van der Waals surface area contributed by atoms with E-state index in [1.807, 2.05) is 0 Å². The van der Waals surface area contributed by atoms with E-state index in [4.69, 9.17) is 55.6 Å². The van der Waals surface area contributed by atoms with Crippen molar-refractivity contribution in [2.75, 3.05) is 5.75 Å². The first-order valence-corrected chi connectivity index (χ1v) is 9.93. The minimum atomic E-state index is -0.137. The predicted octanol–water partition coefficient (Wildman–Crippen LogP) is 6.24. The molecule has 0 amide bonds. The number of rotatable bonds is 7. The number of nitrogens with zero attached hydrogens (tertiary/aromatic N) is 2. The molecule has 0 unspecified atom stereocenters. The van der Waals surface area contributed by atoms with Crippen LogP contribution in [0.15, 0.2) is 46.0 Å². The van der Waals surface area contributed by atoms with Crippen molar-refractivity contribution < 1.29 is 13.9 Å². The zero-order valence-corrected chi connectivity index (χ0v) is 17.3. The Bertz CT molecular complexity index is 981. The molecule has 1 heterocycles. The average Bonchev–Trinajstić information content (AvgIpc) is 3.09. The second-order valence-electron chi connectivity index (χ2n) is 5.17. The molecule has 0 radical (unpaired) electrons. The highest BCUT2D eigenvalue weighted by atomic mass is 35.5. The van der Waals surface area contributed by atoms with Gasteiger partial charge in [0.15, 0.2) is 12.4 Å². The van der Waals surface area contributed by atoms with Crippen molar-refractivity contribution in [3.63, 3.8) is 0 Å². The van der Waals surface area contributed by atoms with Crippen LogP contribution >= 0.6 is 58.2 Å². The number of aromatic nitrogens is 2. The lowest BCUT2D eigenvalue weighted by Crippen LogP contribution is -2.02. The van der Waals surface area contributed by atoms with Crippen LogP contribution in [-0.4, -0.2) is 21.7 Å². The molecular weight excluding hydrogens is 454 g/mol. The summed E-state index contributed by atoms with van der Waals surface area (Å²) in [7, 11) is 0. The summed E-state index contributed by atoms with van der Waals surface area (Å²) in [6.07, 6.45) is 0. The number of carbonyl (C=O) groups excluding carboxylic acids is 1. The van der Waals surface area contributed by atoms with E-state index in [9.17, 15) is 4.79 Å². The van der Waals surface area contributed by atoms with Gasteiger partial charge in [-0.3, -0.25) is 4.79 Å². The summed E-state index contributed by atoms with van der Waals surface area (Å²) in [5, 5.41) is 9.61. The Hall–Kier alpha value is -1.44. The first-order valence-electron chi connectivity index (χ1n) is 7.43. The molecule has 5 nitrogen and oxygen atoms in total. The van der Waals surface area contributed by atoms with Crippen LogP contribution in [0.25, 0.3) is 0 Å². The fourth-order valence-corrected chi connectivity index (χ4v) is 3.40. The van der Waals surface area contributed by atoms with Crippen LogP contribution in [0.3, 0.4) is 0 Å². The maximum atomic E-state index is 12.2. The van der Waals surface area contributed by atoms with Crippen LogP contribution < -0.4 is 4.74 Å². The summed E-state index contributed by atoms with van der Waals surface area (Å²) in [4.78, 5) is 12.2. The molecule has 10 heteroatoms. The maximum Gasteiger partial charge on any atom is 0.277 e. The highest BCUT2D eigenvalue weighted by Gasteiger charge is 2.13. The van der Waals surface area contributed by atoms with E-state index < -0.39 is 0 Å².